The van der Waals surface area contributed by atoms with Gasteiger partial charge in [0.1, 0.15) is 6.21 Å². The summed E-state index contributed by atoms with van der Waals surface area (Å²) >= 11 is 0. The highest BCUT2D eigenvalue weighted by Crippen LogP contribution is 2.36. The maximum absolute atomic E-state index is 14.2. The second kappa shape index (κ2) is 9.63. The van der Waals surface area contributed by atoms with E-state index in [0.717, 1.165) is 63.1 Å². The molecule has 2 aromatic heterocycles. The molecule has 4 rings (SSSR count). The number of rotatable bonds is 5. The van der Waals surface area contributed by atoms with Crippen molar-refractivity contribution in [1.82, 2.24) is 15.3 Å². The first-order chi connectivity index (χ1) is 15.5. The number of aromatic nitrogens is 2. The lowest BCUT2D eigenvalue weighted by Crippen LogP contribution is -2.43. The zero-order chi connectivity index (χ0) is 22.7. The van der Waals surface area contributed by atoms with Crippen LogP contribution in [-0.2, 0) is 6.42 Å². The smallest absolute Gasteiger partial charge is 0.272 e. The molecule has 170 valence electrons. The van der Waals surface area contributed by atoms with Gasteiger partial charge in [0.2, 0.25) is 0 Å². The Morgan fingerprint density at radius 1 is 1.34 bits per heavy atom. The molecular formula is C24H31FN5O2+. The molecule has 3 heterocycles. The molecule has 8 heteroatoms. The van der Waals surface area contributed by atoms with E-state index in [9.17, 15) is 14.0 Å². The number of carbonyl (C=O) groups is 1. The van der Waals surface area contributed by atoms with E-state index in [2.05, 4.69) is 37.0 Å². The summed E-state index contributed by atoms with van der Waals surface area (Å²) < 4.78 is 16.6. The molecule has 2 N–H and O–H groups in total. The zero-order valence-electron chi connectivity index (χ0n) is 18.7. The number of H-pyrrole nitrogens is 1. The van der Waals surface area contributed by atoms with Gasteiger partial charge < -0.3 is 15.2 Å². The van der Waals surface area contributed by atoms with Gasteiger partial charge in [-0.05, 0) is 37.7 Å². The number of hydrogen-bond donors (Lipinski definition) is 2. The number of hydrogen-bond acceptors (Lipinski definition) is 4. The van der Waals surface area contributed by atoms with E-state index in [4.69, 9.17) is 0 Å². The molecule has 2 atom stereocenters. The Labute approximate surface area is 187 Å². The van der Waals surface area contributed by atoms with E-state index < -0.39 is 11.7 Å². The van der Waals surface area contributed by atoms with Crippen LogP contribution < -0.4 is 15.8 Å². The van der Waals surface area contributed by atoms with Gasteiger partial charge in [0, 0.05) is 30.3 Å². The van der Waals surface area contributed by atoms with Crippen LogP contribution in [-0.4, -0.2) is 59.9 Å². The van der Waals surface area contributed by atoms with Gasteiger partial charge in [0.05, 0.1) is 25.0 Å². The van der Waals surface area contributed by atoms with E-state index >= 15 is 0 Å². The van der Waals surface area contributed by atoms with E-state index in [-0.39, 0.29) is 11.3 Å². The molecule has 1 saturated heterocycles. The topological polar surface area (TPSA) is 81.1 Å². The molecular weight excluding hydrogens is 409 g/mol. The van der Waals surface area contributed by atoms with Crippen molar-refractivity contribution in [1.29, 1.82) is 0 Å². The highest BCUT2D eigenvalue weighted by molar-refractivity contribution is 5.92. The van der Waals surface area contributed by atoms with Crippen LogP contribution in [0, 0.1) is 11.7 Å². The fourth-order valence-electron chi connectivity index (χ4n) is 4.78. The van der Waals surface area contributed by atoms with Crippen LogP contribution in [0.5, 0.6) is 0 Å². The van der Waals surface area contributed by atoms with Crippen LogP contribution in [0.1, 0.15) is 53.8 Å². The van der Waals surface area contributed by atoms with E-state index in [1.54, 1.807) is 6.20 Å². The number of carbonyl (C=O) groups excluding carboxylic acids is 1. The summed E-state index contributed by atoms with van der Waals surface area (Å²) in [4.78, 5) is 33.0. The van der Waals surface area contributed by atoms with Crippen LogP contribution in [0.4, 0.5) is 10.1 Å². The third kappa shape index (κ3) is 4.74. The molecule has 1 aliphatic heterocycles. The van der Waals surface area contributed by atoms with Gasteiger partial charge in [0.25, 0.3) is 11.5 Å². The maximum atomic E-state index is 14.2. The van der Waals surface area contributed by atoms with Crippen molar-refractivity contribution >= 4 is 17.8 Å². The zero-order valence-corrected chi connectivity index (χ0v) is 18.7. The quantitative estimate of drug-likeness (QED) is 0.700. The minimum atomic E-state index is -0.599. The van der Waals surface area contributed by atoms with Crippen molar-refractivity contribution in [2.75, 3.05) is 38.1 Å². The Morgan fingerprint density at radius 2 is 2.12 bits per heavy atom. The van der Waals surface area contributed by atoms with Crippen molar-refractivity contribution in [3.8, 4) is 0 Å². The number of nitrogens with zero attached hydrogens (tertiary/aromatic N) is 3. The Bertz CT molecular complexity index is 1070. The number of aryl methyl sites for hydroxylation is 1. The molecule has 1 amide bonds. The maximum Gasteiger partial charge on any atom is 0.272 e. The van der Waals surface area contributed by atoms with Crippen molar-refractivity contribution in [3.63, 3.8) is 0 Å². The minimum absolute atomic E-state index is 0.0443. The highest BCUT2D eigenvalue weighted by atomic mass is 19.1. The monoisotopic (exact) mass is 440 g/mol. The van der Waals surface area contributed by atoms with Crippen molar-refractivity contribution in [3.05, 3.63) is 57.5 Å². The Kier molecular flexibility index (Phi) is 6.67. The standard InChI is InChI=1S/C24H30FN5O2/c1-3-17-6-7-21(28-23(17)31)18-5-4-16(12-18)15-29-8-10-30(11-9-29)19-13-20(25)22(27-14-19)24(32)26-2/h6-7,13-16,18H,3-5,8-12H2,1-2H3,(H-,26,28,31,32)/p+1/t16?,18-/m1/s1. The summed E-state index contributed by atoms with van der Waals surface area (Å²) in [5.74, 6) is -0.206. The molecule has 1 saturated carbocycles. The molecule has 0 radical (unpaired) electrons. The van der Waals surface area contributed by atoms with Gasteiger partial charge >= 0.3 is 0 Å². The summed E-state index contributed by atoms with van der Waals surface area (Å²) in [6, 6.07) is 5.43. The third-order valence-corrected chi connectivity index (χ3v) is 6.68. The number of aromatic amines is 1. The lowest BCUT2D eigenvalue weighted by atomic mass is 10.0. The molecule has 32 heavy (non-hydrogen) atoms. The minimum Gasteiger partial charge on any atom is -0.358 e. The molecule has 2 aliphatic rings. The molecule has 2 fully saturated rings. The summed E-state index contributed by atoms with van der Waals surface area (Å²) in [5, 5.41) is 2.40. The number of piperazine rings is 1. The molecule has 2 aromatic rings. The first-order valence-corrected chi connectivity index (χ1v) is 11.4. The second-order valence-corrected chi connectivity index (χ2v) is 8.67. The lowest BCUT2D eigenvalue weighted by Gasteiger charge is -2.27. The molecule has 0 aromatic carbocycles. The van der Waals surface area contributed by atoms with Gasteiger partial charge in [-0.1, -0.05) is 13.0 Å². The van der Waals surface area contributed by atoms with E-state index in [1.807, 2.05) is 13.0 Å². The number of anilines is 1. The average Bonchev–Trinajstić information content (AvgIpc) is 3.27. The predicted octanol–water partition coefficient (Wildman–Crippen LogP) is 2.32. The normalized spacial score (nSPS) is 21.0. The van der Waals surface area contributed by atoms with Crippen molar-refractivity contribution < 1.29 is 13.8 Å². The number of nitrogens with one attached hydrogen (secondary N) is 2. The van der Waals surface area contributed by atoms with Gasteiger partial charge in [-0.25, -0.2) is 13.9 Å². The van der Waals surface area contributed by atoms with Crippen molar-refractivity contribution in [2.45, 2.75) is 38.5 Å². The van der Waals surface area contributed by atoms with Gasteiger partial charge in [0.15, 0.2) is 24.6 Å². The number of pyridine rings is 2. The van der Waals surface area contributed by atoms with Gasteiger partial charge in [-0.3, -0.25) is 9.59 Å². The average molecular weight is 441 g/mol. The third-order valence-electron chi connectivity index (χ3n) is 6.68. The summed E-state index contributed by atoms with van der Waals surface area (Å²) in [6.07, 6.45) is 7.94. The first-order valence-electron chi connectivity index (χ1n) is 11.4. The van der Waals surface area contributed by atoms with Crippen LogP contribution in [0.3, 0.4) is 0 Å². The second-order valence-electron chi connectivity index (χ2n) is 8.67. The largest absolute Gasteiger partial charge is 0.358 e. The number of halogens is 1. The van der Waals surface area contributed by atoms with Gasteiger partial charge in [-0.2, -0.15) is 0 Å². The highest BCUT2D eigenvalue weighted by Gasteiger charge is 2.29. The Hall–Kier alpha value is -3.03. The van der Waals surface area contributed by atoms with Crippen LogP contribution in [0.2, 0.25) is 0 Å². The molecule has 0 bridgehead atoms. The number of amides is 1. The van der Waals surface area contributed by atoms with Crippen LogP contribution in [0.15, 0.2) is 29.2 Å². The first kappa shape index (κ1) is 22.2. The SMILES string of the molecule is CCc1ccc([C@@H]2CCC(C=[N+]3CCN(c4cnc(C(=O)NC)c(F)c4)CC3)C2)[nH]c1=O. The Morgan fingerprint density at radius 3 is 2.78 bits per heavy atom. The fraction of sp³-hybridized carbons (Fsp3) is 0.500. The summed E-state index contributed by atoms with van der Waals surface area (Å²) in [6.45, 7) is 5.28. The van der Waals surface area contributed by atoms with E-state index in [0.29, 0.717) is 17.5 Å². The molecule has 7 nitrogen and oxygen atoms in total. The van der Waals surface area contributed by atoms with E-state index in [1.165, 1.54) is 13.1 Å². The van der Waals surface area contributed by atoms with Crippen LogP contribution >= 0.6 is 0 Å². The molecule has 1 aliphatic carbocycles. The molecule has 0 spiro atoms. The molecule has 1 unspecified atom stereocenters. The predicted molar refractivity (Wildman–Crippen MR) is 122 cm³/mol. The summed E-state index contributed by atoms with van der Waals surface area (Å²) in [7, 11) is 1.46. The Balaban J connectivity index is 1.34. The van der Waals surface area contributed by atoms with Crippen molar-refractivity contribution in [2.24, 2.45) is 5.92 Å². The fourth-order valence-corrected chi connectivity index (χ4v) is 4.78. The van der Waals surface area contributed by atoms with Crippen LogP contribution in [0.25, 0.3) is 0 Å². The lowest BCUT2D eigenvalue weighted by molar-refractivity contribution is -0.527. The summed E-state index contributed by atoms with van der Waals surface area (Å²) in [5.41, 5.74) is 2.47. The van der Waals surface area contributed by atoms with Gasteiger partial charge in [-0.15, -0.1) is 0 Å².